The number of hydrogen-bond acceptors (Lipinski definition) is 8. The van der Waals surface area contributed by atoms with Crippen LogP contribution in [-0.4, -0.2) is 96.6 Å². The third-order valence-electron chi connectivity index (χ3n) is 8.65. The van der Waals surface area contributed by atoms with E-state index in [2.05, 4.69) is 50.4 Å². The first-order valence-corrected chi connectivity index (χ1v) is 18.4. The molecule has 12 nitrogen and oxygen atoms in total. The van der Waals surface area contributed by atoms with E-state index in [-0.39, 0.29) is 0 Å². The number of rotatable bonds is 5. The molecule has 0 atom stereocenters. The third kappa shape index (κ3) is 6.61. The van der Waals surface area contributed by atoms with Crippen molar-refractivity contribution in [1.82, 2.24) is 29.0 Å². The van der Waals surface area contributed by atoms with Crippen molar-refractivity contribution in [2.45, 2.75) is 51.5 Å². The van der Waals surface area contributed by atoms with Gasteiger partial charge >= 0.3 is 0 Å². The van der Waals surface area contributed by atoms with Gasteiger partial charge in [0.1, 0.15) is 0 Å². The first kappa shape index (κ1) is 31.9. The zero-order valence-corrected chi connectivity index (χ0v) is 27.5. The normalized spacial score (nSPS) is 18.7. The van der Waals surface area contributed by atoms with E-state index in [1.807, 2.05) is 26.1 Å². The lowest BCUT2D eigenvalue weighted by Gasteiger charge is -2.46. The van der Waals surface area contributed by atoms with E-state index in [4.69, 9.17) is 0 Å². The van der Waals surface area contributed by atoms with Crippen LogP contribution < -0.4 is 4.90 Å². The first-order chi connectivity index (χ1) is 20.7. The number of nitrogens with zero attached hydrogens (tertiary/aromatic N) is 6. The van der Waals surface area contributed by atoms with Crippen LogP contribution in [0.5, 0.6) is 0 Å². The van der Waals surface area contributed by atoms with Gasteiger partial charge in [-0.1, -0.05) is 13.0 Å². The molecular weight excluding hydrogens is 601 g/mol. The summed E-state index contributed by atoms with van der Waals surface area (Å²) in [6.45, 7) is 8.75. The minimum Gasteiger partial charge on any atom is -0.368 e. The first-order valence-electron chi connectivity index (χ1n) is 14.7. The van der Waals surface area contributed by atoms with E-state index in [1.54, 1.807) is 16.6 Å². The van der Waals surface area contributed by atoms with Gasteiger partial charge in [0, 0.05) is 54.7 Å². The molecule has 14 heteroatoms. The molecule has 2 aliphatic rings. The number of nitriles is 1. The zero-order valence-electron chi connectivity index (χ0n) is 25.8. The molecule has 6 rings (SSSR count). The SMILES string of the molecule is CC1(C)CN(c2cc(C#N)cc3[nH]ncc23)CCN1S(C)(=O)=O.CCc1cc(C2CCN(S(C)(=O)=O)CC2)c2cn[nH]c2c1. The molecule has 0 saturated carbocycles. The number of hydrogen-bond donors (Lipinski definition) is 2. The summed E-state index contributed by atoms with van der Waals surface area (Å²) in [5.74, 6) is 0.412. The average molecular weight is 641 g/mol. The van der Waals surface area contributed by atoms with E-state index in [0.29, 0.717) is 44.2 Å². The Morgan fingerprint density at radius 1 is 0.909 bits per heavy atom. The lowest BCUT2D eigenvalue weighted by molar-refractivity contribution is 0.206. The van der Waals surface area contributed by atoms with Crippen LogP contribution in [0.4, 0.5) is 5.69 Å². The van der Waals surface area contributed by atoms with Gasteiger partial charge in [-0.05, 0) is 68.4 Å². The summed E-state index contributed by atoms with van der Waals surface area (Å²) in [6.07, 6.45) is 8.90. The Bertz CT molecular complexity index is 1920. The topological polar surface area (TPSA) is 159 Å². The number of sulfonamides is 2. The molecule has 2 aromatic heterocycles. The lowest BCUT2D eigenvalue weighted by Crippen LogP contribution is -2.60. The zero-order chi connectivity index (χ0) is 31.9. The van der Waals surface area contributed by atoms with E-state index in [0.717, 1.165) is 41.4 Å². The molecule has 0 bridgehead atoms. The molecule has 4 aromatic rings. The monoisotopic (exact) mass is 640 g/mol. The fraction of sp³-hybridized carbons (Fsp3) is 0.500. The number of H-pyrrole nitrogens is 2. The Kier molecular flexibility index (Phi) is 8.78. The Morgan fingerprint density at radius 3 is 2.11 bits per heavy atom. The summed E-state index contributed by atoms with van der Waals surface area (Å²) >= 11 is 0. The molecule has 0 amide bonds. The van der Waals surface area contributed by atoms with Crippen molar-refractivity contribution in [1.29, 1.82) is 5.26 Å². The Hall–Kier alpha value is -3.51. The Labute approximate surface area is 259 Å². The molecule has 2 fully saturated rings. The number of fused-ring (bicyclic) bond motifs is 2. The minimum absolute atomic E-state index is 0.412. The maximum absolute atomic E-state index is 12.0. The minimum atomic E-state index is -3.25. The van der Waals surface area contributed by atoms with Crippen molar-refractivity contribution in [2.24, 2.45) is 0 Å². The van der Waals surface area contributed by atoms with E-state index in [9.17, 15) is 22.1 Å². The number of aromatic amines is 2. The molecule has 2 N–H and O–H groups in total. The second-order valence-electron chi connectivity index (χ2n) is 12.3. The van der Waals surface area contributed by atoms with Crippen LogP contribution in [0.3, 0.4) is 0 Å². The van der Waals surface area contributed by atoms with Crippen molar-refractivity contribution >= 4 is 47.5 Å². The number of aromatic nitrogens is 4. The Morgan fingerprint density at radius 2 is 1.55 bits per heavy atom. The average Bonchev–Trinajstić information content (AvgIpc) is 3.64. The van der Waals surface area contributed by atoms with Gasteiger partial charge in [0.2, 0.25) is 20.0 Å². The van der Waals surface area contributed by atoms with Crippen LogP contribution in [0.2, 0.25) is 0 Å². The molecule has 0 unspecified atom stereocenters. The summed E-state index contributed by atoms with van der Waals surface area (Å²) in [5, 5.41) is 25.5. The molecule has 2 aromatic carbocycles. The van der Waals surface area contributed by atoms with Crippen molar-refractivity contribution in [3.63, 3.8) is 0 Å². The second kappa shape index (κ2) is 12.1. The highest BCUT2D eigenvalue weighted by Crippen LogP contribution is 2.35. The van der Waals surface area contributed by atoms with Crippen molar-refractivity contribution in [3.05, 3.63) is 53.3 Å². The van der Waals surface area contributed by atoms with Crippen LogP contribution in [0.15, 0.2) is 36.7 Å². The van der Waals surface area contributed by atoms with E-state index in [1.165, 1.54) is 33.3 Å². The van der Waals surface area contributed by atoms with Gasteiger partial charge in [0.05, 0.1) is 47.6 Å². The van der Waals surface area contributed by atoms with Crippen LogP contribution in [0, 0.1) is 11.3 Å². The predicted molar refractivity (Wildman–Crippen MR) is 173 cm³/mol. The smallest absolute Gasteiger partial charge is 0.211 e. The number of piperidine rings is 1. The molecule has 2 saturated heterocycles. The molecular formula is C30H40N8O4S2. The van der Waals surface area contributed by atoms with Gasteiger partial charge in [-0.25, -0.2) is 21.1 Å². The maximum Gasteiger partial charge on any atom is 0.211 e. The number of anilines is 1. The second-order valence-corrected chi connectivity index (χ2v) is 16.2. The van der Waals surface area contributed by atoms with E-state index >= 15 is 0 Å². The highest BCUT2D eigenvalue weighted by Gasteiger charge is 2.39. The standard InChI is InChI=1S/C15H19N5O2S.C15H21N3O2S/c1-15(2)10-19(4-5-20(15)23(3,21)22)14-7-11(8-16)6-13-12(14)9-17-18-13;1-3-11-8-13(14-10-16-17-15(14)9-11)12-4-6-18(7-5-12)21(2,19)20/h6-7,9H,4-5,10H2,1-3H3,(H,17,18);8-10,12H,3-7H2,1-2H3,(H,16,17). The van der Waals surface area contributed by atoms with Gasteiger partial charge in [-0.3, -0.25) is 10.2 Å². The summed E-state index contributed by atoms with van der Waals surface area (Å²) in [4.78, 5) is 2.13. The molecule has 0 spiro atoms. The number of nitrogens with one attached hydrogen (secondary N) is 2. The van der Waals surface area contributed by atoms with Crippen molar-refractivity contribution < 1.29 is 16.8 Å². The van der Waals surface area contributed by atoms with Crippen molar-refractivity contribution in [3.8, 4) is 6.07 Å². The number of benzene rings is 2. The maximum atomic E-state index is 12.0. The van der Waals surface area contributed by atoms with Crippen molar-refractivity contribution in [2.75, 3.05) is 50.1 Å². The molecule has 0 aliphatic carbocycles. The summed E-state index contributed by atoms with van der Waals surface area (Å²) < 4.78 is 50.3. The predicted octanol–water partition coefficient (Wildman–Crippen LogP) is 3.56. The quantitative estimate of drug-likeness (QED) is 0.335. The number of piperazine rings is 1. The fourth-order valence-corrected chi connectivity index (χ4v) is 8.74. The third-order valence-corrected chi connectivity index (χ3v) is 11.4. The lowest BCUT2D eigenvalue weighted by atomic mass is 9.87. The number of aryl methyl sites for hydroxylation is 1. The summed E-state index contributed by atoms with van der Waals surface area (Å²) in [6, 6.07) is 10.2. The Balaban J connectivity index is 0.000000175. The summed E-state index contributed by atoms with van der Waals surface area (Å²) in [5.41, 5.74) is 5.44. The molecule has 0 radical (unpaired) electrons. The molecule has 2 aliphatic heterocycles. The van der Waals surface area contributed by atoms with Gasteiger partial charge in [0.25, 0.3) is 0 Å². The van der Waals surface area contributed by atoms with Crippen LogP contribution in [0.25, 0.3) is 21.8 Å². The van der Waals surface area contributed by atoms with Crippen LogP contribution in [0.1, 0.15) is 56.2 Å². The van der Waals surface area contributed by atoms with Gasteiger partial charge in [-0.2, -0.15) is 19.8 Å². The summed E-state index contributed by atoms with van der Waals surface area (Å²) in [7, 11) is -6.31. The fourth-order valence-electron chi connectivity index (χ4n) is 6.50. The van der Waals surface area contributed by atoms with Gasteiger partial charge in [0.15, 0.2) is 0 Å². The van der Waals surface area contributed by atoms with Crippen LogP contribution in [-0.2, 0) is 26.5 Å². The highest BCUT2D eigenvalue weighted by atomic mass is 32.2. The highest BCUT2D eigenvalue weighted by molar-refractivity contribution is 7.88. The van der Waals surface area contributed by atoms with Gasteiger partial charge < -0.3 is 4.90 Å². The largest absolute Gasteiger partial charge is 0.368 e. The van der Waals surface area contributed by atoms with Crippen LogP contribution >= 0.6 is 0 Å². The molecule has 44 heavy (non-hydrogen) atoms. The van der Waals surface area contributed by atoms with Gasteiger partial charge in [-0.15, -0.1) is 0 Å². The van der Waals surface area contributed by atoms with E-state index < -0.39 is 25.6 Å². The molecule has 4 heterocycles. The molecule has 236 valence electrons.